The molecule has 0 aromatic carbocycles. The van der Waals surface area contributed by atoms with Crippen molar-refractivity contribution >= 4 is 5.82 Å². The summed E-state index contributed by atoms with van der Waals surface area (Å²) in [7, 11) is 1.84. The smallest absolute Gasteiger partial charge is 0.215 e. The van der Waals surface area contributed by atoms with E-state index in [1.54, 1.807) is 0 Å². The maximum Gasteiger partial charge on any atom is 0.215 e. The Kier molecular flexibility index (Phi) is 3.40. The largest absolute Gasteiger partial charge is 0.475 e. The monoisotopic (exact) mass is 208 g/mol. The first-order valence-electron chi connectivity index (χ1n) is 5.27. The Bertz CT molecular complexity index is 311. The number of rotatable bonds is 4. The molecule has 0 spiro atoms. The van der Waals surface area contributed by atoms with E-state index in [-0.39, 0.29) is 6.10 Å². The van der Waals surface area contributed by atoms with Crippen LogP contribution < -0.4 is 10.1 Å². The van der Waals surface area contributed by atoms with E-state index in [0.29, 0.717) is 12.5 Å². The molecule has 1 aliphatic rings. The molecule has 0 saturated carbocycles. The first-order valence-corrected chi connectivity index (χ1v) is 5.27. The molecule has 0 amide bonds. The summed E-state index contributed by atoms with van der Waals surface area (Å²) in [4.78, 5) is 4.26. The van der Waals surface area contributed by atoms with Crippen LogP contribution in [0, 0.1) is 0 Å². The van der Waals surface area contributed by atoms with Gasteiger partial charge in [0.05, 0.1) is 6.10 Å². The number of hydrogen-bond donors (Lipinski definition) is 1. The van der Waals surface area contributed by atoms with Gasteiger partial charge in [0.25, 0.3) is 0 Å². The average molecular weight is 208 g/mol. The molecule has 1 fully saturated rings. The average Bonchev–Trinajstić information content (AvgIpc) is 2.79. The van der Waals surface area contributed by atoms with Crippen molar-refractivity contribution < 1.29 is 9.47 Å². The Balaban J connectivity index is 1.86. The number of nitrogens with one attached hydrogen (secondary N) is 1. The van der Waals surface area contributed by atoms with Gasteiger partial charge in [0, 0.05) is 19.7 Å². The van der Waals surface area contributed by atoms with Crippen molar-refractivity contribution in [1.29, 1.82) is 0 Å². The van der Waals surface area contributed by atoms with Crippen molar-refractivity contribution in [2.24, 2.45) is 0 Å². The van der Waals surface area contributed by atoms with E-state index < -0.39 is 0 Å². The molecule has 1 aliphatic heterocycles. The van der Waals surface area contributed by atoms with Gasteiger partial charge in [-0.25, -0.2) is 0 Å². The Morgan fingerprint density at radius 3 is 3.27 bits per heavy atom. The normalized spacial score (nSPS) is 20.2. The van der Waals surface area contributed by atoms with Crippen LogP contribution in [-0.4, -0.2) is 31.3 Å². The third-order valence-corrected chi connectivity index (χ3v) is 2.42. The summed E-state index contributed by atoms with van der Waals surface area (Å²) in [6, 6.07) is 5.68. The molecule has 1 saturated heterocycles. The van der Waals surface area contributed by atoms with Crippen LogP contribution in [0.2, 0.25) is 0 Å². The SMILES string of the molecule is CNc1cccc(OCC2CCCO2)n1. The molecule has 1 aromatic rings. The third-order valence-electron chi connectivity index (χ3n) is 2.42. The van der Waals surface area contributed by atoms with Gasteiger partial charge in [-0.15, -0.1) is 0 Å². The molecule has 2 rings (SSSR count). The molecule has 1 aromatic heterocycles. The summed E-state index contributed by atoms with van der Waals surface area (Å²) in [6.07, 6.45) is 2.47. The summed E-state index contributed by atoms with van der Waals surface area (Å²) >= 11 is 0. The van der Waals surface area contributed by atoms with Crippen molar-refractivity contribution in [2.75, 3.05) is 25.6 Å². The van der Waals surface area contributed by atoms with Crippen LogP contribution in [0.25, 0.3) is 0 Å². The van der Waals surface area contributed by atoms with E-state index >= 15 is 0 Å². The Morgan fingerprint density at radius 2 is 2.53 bits per heavy atom. The van der Waals surface area contributed by atoms with Crippen LogP contribution in [0.15, 0.2) is 18.2 Å². The van der Waals surface area contributed by atoms with Crippen molar-refractivity contribution in [3.63, 3.8) is 0 Å². The Labute approximate surface area is 89.6 Å². The summed E-state index contributed by atoms with van der Waals surface area (Å²) in [6.45, 7) is 1.46. The minimum absolute atomic E-state index is 0.241. The molecular formula is C11H16N2O2. The molecule has 0 bridgehead atoms. The molecule has 1 N–H and O–H groups in total. The lowest BCUT2D eigenvalue weighted by molar-refractivity contribution is 0.0664. The summed E-state index contributed by atoms with van der Waals surface area (Å²) in [5.74, 6) is 1.47. The standard InChI is InChI=1S/C11H16N2O2/c1-12-10-5-2-6-11(13-10)15-8-9-4-3-7-14-9/h2,5-6,9H,3-4,7-8H2,1H3,(H,12,13). The fraction of sp³-hybridized carbons (Fsp3) is 0.545. The molecular weight excluding hydrogens is 192 g/mol. The summed E-state index contributed by atoms with van der Waals surface area (Å²) in [5, 5.41) is 2.97. The zero-order valence-corrected chi connectivity index (χ0v) is 8.90. The lowest BCUT2D eigenvalue weighted by Gasteiger charge is -2.11. The van der Waals surface area contributed by atoms with E-state index in [1.807, 2.05) is 25.2 Å². The second kappa shape index (κ2) is 4.98. The first kappa shape index (κ1) is 10.2. The highest BCUT2D eigenvalue weighted by Gasteiger charge is 2.16. The zero-order chi connectivity index (χ0) is 10.5. The number of ether oxygens (including phenoxy) is 2. The molecule has 1 unspecified atom stereocenters. The highest BCUT2D eigenvalue weighted by atomic mass is 16.5. The van der Waals surface area contributed by atoms with Crippen LogP contribution in [-0.2, 0) is 4.74 Å². The lowest BCUT2D eigenvalue weighted by Crippen LogP contribution is -2.16. The van der Waals surface area contributed by atoms with Gasteiger partial charge in [-0.05, 0) is 18.9 Å². The van der Waals surface area contributed by atoms with E-state index in [2.05, 4.69) is 10.3 Å². The van der Waals surface area contributed by atoms with Gasteiger partial charge in [0.2, 0.25) is 5.88 Å². The molecule has 82 valence electrons. The fourth-order valence-electron chi connectivity index (χ4n) is 1.59. The quantitative estimate of drug-likeness (QED) is 0.817. The Morgan fingerprint density at radius 1 is 1.60 bits per heavy atom. The number of pyridine rings is 1. The van der Waals surface area contributed by atoms with E-state index in [4.69, 9.17) is 9.47 Å². The van der Waals surface area contributed by atoms with Crippen molar-refractivity contribution in [1.82, 2.24) is 4.98 Å². The summed E-state index contributed by atoms with van der Waals surface area (Å²) < 4.78 is 11.0. The van der Waals surface area contributed by atoms with Crippen molar-refractivity contribution in [3.05, 3.63) is 18.2 Å². The van der Waals surface area contributed by atoms with Gasteiger partial charge in [-0.3, -0.25) is 0 Å². The predicted molar refractivity (Wildman–Crippen MR) is 58.3 cm³/mol. The number of anilines is 1. The van der Waals surface area contributed by atoms with Gasteiger partial charge in [0.1, 0.15) is 12.4 Å². The first-order chi connectivity index (χ1) is 7.38. The van der Waals surface area contributed by atoms with Gasteiger partial charge in [-0.1, -0.05) is 6.07 Å². The fourth-order valence-corrected chi connectivity index (χ4v) is 1.59. The van der Waals surface area contributed by atoms with Crippen LogP contribution in [0.5, 0.6) is 5.88 Å². The van der Waals surface area contributed by atoms with Gasteiger partial charge >= 0.3 is 0 Å². The highest BCUT2D eigenvalue weighted by Crippen LogP contribution is 2.15. The van der Waals surface area contributed by atoms with Crippen LogP contribution in [0.4, 0.5) is 5.82 Å². The van der Waals surface area contributed by atoms with Gasteiger partial charge < -0.3 is 14.8 Å². The van der Waals surface area contributed by atoms with Crippen molar-refractivity contribution in [2.45, 2.75) is 18.9 Å². The topological polar surface area (TPSA) is 43.4 Å². The molecule has 15 heavy (non-hydrogen) atoms. The minimum Gasteiger partial charge on any atom is -0.475 e. The second-order valence-electron chi connectivity index (χ2n) is 3.56. The van der Waals surface area contributed by atoms with Crippen molar-refractivity contribution in [3.8, 4) is 5.88 Å². The van der Waals surface area contributed by atoms with Crippen LogP contribution in [0.3, 0.4) is 0 Å². The molecule has 0 aliphatic carbocycles. The zero-order valence-electron chi connectivity index (χ0n) is 8.90. The van der Waals surface area contributed by atoms with Gasteiger partial charge in [0.15, 0.2) is 0 Å². The second-order valence-corrected chi connectivity index (χ2v) is 3.56. The van der Waals surface area contributed by atoms with Gasteiger partial charge in [-0.2, -0.15) is 4.98 Å². The maximum atomic E-state index is 5.56. The van der Waals surface area contributed by atoms with Crippen LogP contribution >= 0.6 is 0 Å². The van der Waals surface area contributed by atoms with E-state index in [1.165, 1.54) is 0 Å². The minimum atomic E-state index is 0.241. The number of aromatic nitrogens is 1. The number of hydrogen-bond acceptors (Lipinski definition) is 4. The van der Waals surface area contributed by atoms with Crippen LogP contribution in [0.1, 0.15) is 12.8 Å². The third kappa shape index (κ3) is 2.83. The van der Waals surface area contributed by atoms with E-state index in [0.717, 1.165) is 25.3 Å². The molecule has 4 nitrogen and oxygen atoms in total. The summed E-state index contributed by atoms with van der Waals surface area (Å²) in [5.41, 5.74) is 0. The van der Waals surface area contributed by atoms with E-state index in [9.17, 15) is 0 Å². The molecule has 0 radical (unpaired) electrons. The maximum absolute atomic E-state index is 5.56. The molecule has 1 atom stereocenters. The highest BCUT2D eigenvalue weighted by molar-refractivity contribution is 5.35. The number of nitrogens with zero attached hydrogens (tertiary/aromatic N) is 1. The molecule has 2 heterocycles. The Hall–Kier alpha value is -1.29. The predicted octanol–water partition coefficient (Wildman–Crippen LogP) is 1.68. The molecule has 4 heteroatoms. The lowest BCUT2D eigenvalue weighted by atomic mass is 10.2.